The molecule has 31 heavy (non-hydrogen) atoms. The third-order valence-corrected chi connectivity index (χ3v) is 6.19. The molecular formula is C23H18Cl2FNO3S. The Morgan fingerprint density at radius 3 is 2.48 bits per heavy atom. The summed E-state index contributed by atoms with van der Waals surface area (Å²) in [4.78, 5) is 16.2. The Bertz CT molecular complexity index is 1070. The first-order valence-corrected chi connectivity index (χ1v) is 11.0. The zero-order valence-electron chi connectivity index (χ0n) is 16.2. The highest BCUT2D eigenvalue weighted by Gasteiger charge is 2.10. The normalized spacial score (nSPS) is 11.1. The third-order valence-electron chi connectivity index (χ3n) is 4.17. The van der Waals surface area contributed by atoms with Crippen LogP contribution in [-0.4, -0.2) is 22.7 Å². The molecule has 4 nitrogen and oxygen atoms in total. The molecule has 0 spiro atoms. The second-order valence-electron chi connectivity index (χ2n) is 6.42. The lowest BCUT2D eigenvalue weighted by Crippen LogP contribution is -2.04. The minimum atomic E-state index is -1.08. The second kappa shape index (κ2) is 11.2. The lowest BCUT2D eigenvalue weighted by molar-refractivity contribution is -0.131. The summed E-state index contributed by atoms with van der Waals surface area (Å²) in [5, 5.41) is 10.1. The van der Waals surface area contributed by atoms with Gasteiger partial charge < -0.3 is 9.84 Å². The van der Waals surface area contributed by atoms with E-state index in [1.807, 2.05) is 6.07 Å². The minimum Gasteiger partial charge on any atom is -0.491 e. The molecule has 1 aromatic heterocycles. The SMILES string of the molecule is O=C(O)C=Cc1nc(CSc2c(Cl)cccc2Cl)ccc1OCCc1ccc(F)cc1. The number of thioether (sulfide) groups is 1. The van der Waals surface area contributed by atoms with Gasteiger partial charge in [0.05, 0.1) is 22.3 Å². The molecule has 0 fully saturated rings. The maximum atomic E-state index is 13.0. The molecule has 1 N–H and O–H groups in total. The summed E-state index contributed by atoms with van der Waals surface area (Å²) in [7, 11) is 0. The van der Waals surface area contributed by atoms with Gasteiger partial charge in [-0.05, 0) is 48.0 Å². The number of aliphatic carboxylic acids is 1. The van der Waals surface area contributed by atoms with E-state index in [0.29, 0.717) is 40.3 Å². The van der Waals surface area contributed by atoms with Crippen molar-refractivity contribution in [2.75, 3.05) is 6.61 Å². The molecule has 0 radical (unpaired) electrons. The number of rotatable bonds is 9. The van der Waals surface area contributed by atoms with Gasteiger partial charge in [-0.2, -0.15) is 0 Å². The predicted octanol–water partition coefficient (Wildman–Crippen LogP) is 6.54. The van der Waals surface area contributed by atoms with E-state index in [1.54, 1.807) is 36.4 Å². The summed E-state index contributed by atoms with van der Waals surface area (Å²) in [5.41, 5.74) is 2.06. The van der Waals surface area contributed by atoms with Crippen LogP contribution in [0.5, 0.6) is 5.75 Å². The number of nitrogens with zero attached hydrogens (tertiary/aromatic N) is 1. The van der Waals surface area contributed by atoms with Gasteiger partial charge in [-0.3, -0.25) is 0 Å². The van der Waals surface area contributed by atoms with Crippen molar-refractivity contribution < 1.29 is 19.0 Å². The number of carboxylic acids is 1. The highest BCUT2D eigenvalue weighted by atomic mass is 35.5. The summed E-state index contributed by atoms with van der Waals surface area (Å²) in [6, 6.07) is 15.1. The largest absolute Gasteiger partial charge is 0.491 e. The number of carboxylic acid groups (broad SMARTS) is 1. The van der Waals surface area contributed by atoms with E-state index in [1.165, 1.54) is 30.0 Å². The van der Waals surface area contributed by atoms with Gasteiger partial charge >= 0.3 is 5.97 Å². The van der Waals surface area contributed by atoms with E-state index in [-0.39, 0.29) is 5.82 Å². The monoisotopic (exact) mass is 477 g/mol. The molecule has 0 aliphatic carbocycles. The first-order valence-electron chi connectivity index (χ1n) is 9.27. The van der Waals surface area contributed by atoms with Crippen LogP contribution in [-0.2, 0) is 17.0 Å². The van der Waals surface area contributed by atoms with Crippen molar-refractivity contribution >= 4 is 47.0 Å². The van der Waals surface area contributed by atoms with Gasteiger partial charge in [-0.25, -0.2) is 14.2 Å². The first-order chi connectivity index (χ1) is 14.9. The minimum absolute atomic E-state index is 0.290. The van der Waals surface area contributed by atoms with Crippen molar-refractivity contribution in [2.45, 2.75) is 17.1 Å². The van der Waals surface area contributed by atoms with Crippen LogP contribution in [0.4, 0.5) is 4.39 Å². The van der Waals surface area contributed by atoms with Crippen molar-refractivity contribution in [1.82, 2.24) is 4.98 Å². The van der Waals surface area contributed by atoms with Gasteiger partial charge in [0.1, 0.15) is 17.3 Å². The van der Waals surface area contributed by atoms with Crippen LogP contribution in [0, 0.1) is 5.82 Å². The number of hydrogen-bond acceptors (Lipinski definition) is 4. The molecule has 0 atom stereocenters. The highest BCUT2D eigenvalue weighted by Crippen LogP contribution is 2.35. The molecule has 2 aromatic carbocycles. The third kappa shape index (κ3) is 6.99. The van der Waals surface area contributed by atoms with Gasteiger partial charge in [-0.15, -0.1) is 11.8 Å². The molecule has 3 rings (SSSR count). The van der Waals surface area contributed by atoms with Gasteiger partial charge in [0, 0.05) is 23.1 Å². The van der Waals surface area contributed by atoms with Gasteiger partial charge in [0.2, 0.25) is 0 Å². The summed E-state index contributed by atoms with van der Waals surface area (Å²) >= 11 is 13.9. The van der Waals surface area contributed by atoms with E-state index < -0.39 is 5.97 Å². The Hall–Kier alpha value is -2.54. The molecule has 8 heteroatoms. The number of carbonyl (C=O) groups is 1. The lowest BCUT2D eigenvalue weighted by atomic mass is 10.1. The van der Waals surface area contributed by atoms with E-state index in [9.17, 15) is 9.18 Å². The fraction of sp³-hybridized carbons (Fsp3) is 0.130. The smallest absolute Gasteiger partial charge is 0.328 e. The Labute approximate surface area is 193 Å². The Morgan fingerprint density at radius 2 is 1.81 bits per heavy atom. The fourth-order valence-corrected chi connectivity index (χ4v) is 4.26. The summed E-state index contributed by atoms with van der Waals surface area (Å²) < 4.78 is 18.8. The van der Waals surface area contributed by atoms with E-state index in [2.05, 4.69) is 4.98 Å². The molecule has 0 bridgehead atoms. The summed E-state index contributed by atoms with van der Waals surface area (Å²) in [6.45, 7) is 0.338. The van der Waals surface area contributed by atoms with Crippen molar-refractivity contribution in [1.29, 1.82) is 0 Å². The molecule has 0 saturated carbocycles. The van der Waals surface area contributed by atoms with Crippen molar-refractivity contribution in [3.05, 3.63) is 93.5 Å². The van der Waals surface area contributed by atoms with Crippen LogP contribution >= 0.6 is 35.0 Å². The van der Waals surface area contributed by atoms with E-state index >= 15 is 0 Å². The molecule has 3 aromatic rings. The standard InChI is InChI=1S/C23H18Cl2FNO3S/c24-18-2-1-3-19(25)23(18)31-14-17-8-10-21(20(27-17)9-11-22(28)29)30-13-12-15-4-6-16(26)7-5-15/h1-11H,12-14H2,(H,28,29). The van der Waals surface area contributed by atoms with Crippen LogP contribution in [0.2, 0.25) is 10.0 Å². The van der Waals surface area contributed by atoms with Crippen LogP contribution in [0.15, 0.2) is 65.6 Å². The average molecular weight is 478 g/mol. The average Bonchev–Trinajstić information content (AvgIpc) is 2.74. The quantitative estimate of drug-likeness (QED) is 0.280. The molecular weight excluding hydrogens is 460 g/mol. The van der Waals surface area contributed by atoms with E-state index in [4.69, 9.17) is 33.0 Å². The second-order valence-corrected chi connectivity index (χ2v) is 8.22. The Kier molecular flexibility index (Phi) is 8.35. The molecule has 0 aliphatic rings. The molecule has 0 saturated heterocycles. The molecule has 160 valence electrons. The Balaban J connectivity index is 1.71. The van der Waals surface area contributed by atoms with E-state index in [0.717, 1.165) is 22.2 Å². The highest BCUT2D eigenvalue weighted by molar-refractivity contribution is 7.98. The zero-order chi connectivity index (χ0) is 22.2. The maximum absolute atomic E-state index is 13.0. The maximum Gasteiger partial charge on any atom is 0.328 e. The van der Waals surface area contributed by atoms with Crippen molar-refractivity contribution in [3.63, 3.8) is 0 Å². The number of halogens is 3. The summed E-state index contributed by atoms with van der Waals surface area (Å²) in [5.74, 6) is -0.417. The fourth-order valence-electron chi connectivity index (χ4n) is 2.67. The van der Waals surface area contributed by atoms with Crippen molar-refractivity contribution in [3.8, 4) is 5.75 Å². The van der Waals surface area contributed by atoms with Crippen LogP contribution < -0.4 is 4.74 Å². The molecule has 0 unspecified atom stereocenters. The Morgan fingerprint density at radius 1 is 1.10 bits per heavy atom. The lowest BCUT2D eigenvalue weighted by Gasteiger charge is -2.11. The number of hydrogen-bond donors (Lipinski definition) is 1. The van der Waals surface area contributed by atoms with Gasteiger partial charge in [-0.1, -0.05) is 41.4 Å². The number of benzene rings is 2. The molecule has 0 amide bonds. The van der Waals surface area contributed by atoms with Crippen LogP contribution in [0.3, 0.4) is 0 Å². The van der Waals surface area contributed by atoms with Crippen molar-refractivity contribution in [2.24, 2.45) is 0 Å². The number of ether oxygens (including phenoxy) is 1. The molecule has 1 heterocycles. The molecule has 0 aliphatic heterocycles. The number of aromatic nitrogens is 1. The van der Waals surface area contributed by atoms with Crippen LogP contribution in [0.1, 0.15) is 17.0 Å². The number of pyridine rings is 1. The van der Waals surface area contributed by atoms with Gasteiger partial charge in [0.25, 0.3) is 0 Å². The van der Waals surface area contributed by atoms with Crippen LogP contribution in [0.25, 0.3) is 6.08 Å². The predicted molar refractivity (Wildman–Crippen MR) is 123 cm³/mol. The zero-order valence-corrected chi connectivity index (χ0v) is 18.6. The summed E-state index contributed by atoms with van der Waals surface area (Å²) in [6.07, 6.45) is 2.98. The van der Waals surface area contributed by atoms with Gasteiger partial charge in [0.15, 0.2) is 0 Å². The topological polar surface area (TPSA) is 59.4 Å². The first kappa shape index (κ1) is 23.1.